The number of anilines is 1. The van der Waals surface area contributed by atoms with Gasteiger partial charge in [0.25, 0.3) is 0 Å². The van der Waals surface area contributed by atoms with Crippen LogP contribution in [0.15, 0.2) is 24.5 Å². The van der Waals surface area contributed by atoms with Gasteiger partial charge in [-0.3, -0.25) is 0 Å². The molecule has 0 bridgehead atoms. The van der Waals surface area contributed by atoms with Crippen LogP contribution in [0.3, 0.4) is 0 Å². The van der Waals surface area contributed by atoms with Gasteiger partial charge in [-0.25, -0.2) is 4.98 Å². The van der Waals surface area contributed by atoms with E-state index in [1.54, 1.807) is 0 Å². The summed E-state index contributed by atoms with van der Waals surface area (Å²) in [7, 11) is 0. The molecule has 4 heteroatoms. The molecule has 2 N–H and O–H groups in total. The number of fused-ring (bicyclic) bond motifs is 1. The average Bonchev–Trinajstić information content (AvgIpc) is 2.95. The van der Waals surface area contributed by atoms with Crippen LogP contribution in [0.5, 0.6) is 0 Å². The minimum atomic E-state index is 0.289. The lowest BCUT2D eigenvalue weighted by atomic mass is 10.3. The molecule has 0 aromatic carbocycles. The summed E-state index contributed by atoms with van der Waals surface area (Å²) in [5, 5.41) is 0. The lowest BCUT2D eigenvalue weighted by molar-refractivity contribution is 0.751. The number of aryl methyl sites for hydroxylation is 1. The molecule has 0 spiro atoms. The third-order valence-electron chi connectivity index (χ3n) is 3.43. The molecule has 90 valence electrons. The second-order valence-electron chi connectivity index (χ2n) is 4.70. The van der Waals surface area contributed by atoms with Gasteiger partial charge in [-0.05, 0) is 25.0 Å². The van der Waals surface area contributed by atoms with E-state index in [1.165, 1.54) is 5.52 Å². The number of aromatic nitrogens is 2. The van der Waals surface area contributed by atoms with Gasteiger partial charge in [0.2, 0.25) is 0 Å². The number of rotatable bonds is 2. The monoisotopic (exact) mass is 230 g/mol. The highest BCUT2D eigenvalue weighted by molar-refractivity contribution is 5.70. The summed E-state index contributed by atoms with van der Waals surface area (Å²) in [6, 6.07) is 4.47. The van der Waals surface area contributed by atoms with Gasteiger partial charge in [0.15, 0.2) is 5.82 Å². The van der Waals surface area contributed by atoms with Crippen LogP contribution >= 0.6 is 0 Å². The van der Waals surface area contributed by atoms with Gasteiger partial charge < -0.3 is 15.0 Å². The van der Waals surface area contributed by atoms with Crippen LogP contribution in [0, 0.1) is 0 Å². The second kappa shape index (κ2) is 4.04. The molecular weight excluding hydrogens is 212 g/mol. The first-order valence-electron chi connectivity index (χ1n) is 6.25. The summed E-state index contributed by atoms with van der Waals surface area (Å²) in [6.45, 7) is 4.07. The molecule has 0 amide bonds. The molecule has 0 aliphatic carbocycles. The van der Waals surface area contributed by atoms with Gasteiger partial charge in [-0.15, -0.1) is 0 Å². The molecule has 3 heterocycles. The van der Waals surface area contributed by atoms with Crippen molar-refractivity contribution in [1.29, 1.82) is 0 Å². The Hall–Kier alpha value is -1.55. The third-order valence-corrected chi connectivity index (χ3v) is 3.43. The van der Waals surface area contributed by atoms with Gasteiger partial charge in [-0.2, -0.15) is 0 Å². The Labute approximate surface area is 101 Å². The number of nitrogens with zero attached hydrogens (tertiary/aromatic N) is 3. The zero-order valence-electron chi connectivity index (χ0n) is 10.1. The van der Waals surface area contributed by atoms with Gasteiger partial charge >= 0.3 is 0 Å². The van der Waals surface area contributed by atoms with E-state index in [1.807, 2.05) is 0 Å². The van der Waals surface area contributed by atoms with Crippen molar-refractivity contribution in [3.05, 3.63) is 30.2 Å². The Bertz CT molecular complexity index is 531. The summed E-state index contributed by atoms with van der Waals surface area (Å²) in [6.07, 6.45) is 6.20. The fraction of sp³-hybridized carbons (Fsp3) is 0.462. The topological polar surface area (TPSA) is 46.6 Å². The lowest BCUT2D eigenvalue weighted by Crippen LogP contribution is -2.27. The van der Waals surface area contributed by atoms with Crippen LogP contribution in [0.1, 0.15) is 19.0 Å². The molecule has 1 aliphatic rings. The molecule has 1 atom stereocenters. The van der Waals surface area contributed by atoms with E-state index in [0.29, 0.717) is 0 Å². The minimum absolute atomic E-state index is 0.289. The van der Waals surface area contributed by atoms with Crippen molar-refractivity contribution in [2.75, 3.05) is 18.0 Å². The molecule has 1 fully saturated rings. The normalized spacial score (nSPS) is 20.4. The standard InChI is InChI=1S/C13H18N4/c1-2-11-9-16-6-3-4-12(16)13(15-11)17-7-5-10(14)8-17/h3-4,6,9-10H,2,5,7-8,14H2,1H3. The fourth-order valence-corrected chi connectivity index (χ4v) is 2.46. The van der Waals surface area contributed by atoms with E-state index >= 15 is 0 Å². The second-order valence-corrected chi connectivity index (χ2v) is 4.70. The SMILES string of the molecule is CCc1cn2cccc2c(N2CCC(N)C2)n1. The van der Waals surface area contributed by atoms with Crippen LogP contribution in [-0.2, 0) is 6.42 Å². The summed E-state index contributed by atoms with van der Waals surface area (Å²) >= 11 is 0. The van der Waals surface area contributed by atoms with Crippen molar-refractivity contribution in [1.82, 2.24) is 9.38 Å². The van der Waals surface area contributed by atoms with Crippen molar-refractivity contribution in [2.24, 2.45) is 5.73 Å². The lowest BCUT2D eigenvalue weighted by Gasteiger charge is -2.19. The van der Waals surface area contributed by atoms with Crippen molar-refractivity contribution < 1.29 is 0 Å². The van der Waals surface area contributed by atoms with Crippen LogP contribution in [0.4, 0.5) is 5.82 Å². The largest absolute Gasteiger partial charge is 0.353 e. The van der Waals surface area contributed by atoms with Crippen molar-refractivity contribution >= 4 is 11.3 Å². The van der Waals surface area contributed by atoms with Crippen molar-refractivity contribution in [3.8, 4) is 0 Å². The first-order chi connectivity index (χ1) is 8.28. The van der Waals surface area contributed by atoms with Gasteiger partial charge in [0.05, 0.1) is 11.2 Å². The summed E-state index contributed by atoms with van der Waals surface area (Å²) < 4.78 is 2.16. The molecule has 3 rings (SSSR count). The van der Waals surface area contributed by atoms with E-state index in [4.69, 9.17) is 10.7 Å². The Morgan fingerprint density at radius 1 is 1.53 bits per heavy atom. The van der Waals surface area contributed by atoms with E-state index < -0.39 is 0 Å². The molecular formula is C13H18N4. The predicted molar refractivity (Wildman–Crippen MR) is 69.4 cm³/mol. The first-order valence-corrected chi connectivity index (χ1v) is 6.25. The van der Waals surface area contributed by atoms with Crippen LogP contribution in [-0.4, -0.2) is 28.5 Å². The number of hydrogen-bond donors (Lipinski definition) is 1. The summed E-state index contributed by atoms with van der Waals surface area (Å²) in [5.74, 6) is 1.09. The molecule has 0 saturated carbocycles. The zero-order chi connectivity index (χ0) is 11.8. The molecule has 1 aliphatic heterocycles. The number of hydrogen-bond acceptors (Lipinski definition) is 3. The van der Waals surface area contributed by atoms with E-state index in [9.17, 15) is 0 Å². The maximum atomic E-state index is 5.98. The first kappa shape index (κ1) is 10.6. The maximum Gasteiger partial charge on any atom is 0.153 e. The van der Waals surface area contributed by atoms with Gasteiger partial charge in [0.1, 0.15) is 0 Å². The minimum Gasteiger partial charge on any atom is -0.353 e. The van der Waals surface area contributed by atoms with E-state index in [2.05, 4.69) is 40.8 Å². The fourth-order valence-electron chi connectivity index (χ4n) is 2.46. The van der Waals surface area contributed by atoms with Crippen molar-refractivity contribution in [3.63, 3.8) is 0 Å². The number of nitrogens with two attached hydrogens (primary N) is 1. The zero-order valence-corrected chi connectivity index (χ0v) is 10.1. The third kappa shape index (κ3) is 1.78. The van der Waals surface area contributed by atoms with Crippen LogP contribution < -0.4 is 10.6 Å². The van der Waals surface area contributed by atoms with E-state index in [-0.39, 0.29) is 6.04 Å². The Morgan fingerprint density at radius 3 is 3.12 bits per heavy atom. The van der Waals surface area contributed by atoms with Crippen LogP contribution in [0.2, 0.25) is 0 Å². The Morgan fingerprint density at radius 2 is 2.41 bits per heavy atom. The average molecular weight is 230 g/mol. The molecule has 0 radical (unpaired) electrons. The molecule has 17 heavy (non-hydrogen) atoms. The summed E-state index contributed by atoms with van der Waals surface area (Å²) in [4.78, 5) is 7.06. The molecule has 2 aromatic heterocycles. The highest BCUT2D eigenvalue weighted by atomic mass is 15.2. The Balaban J connectivity index is 2.10. The van der Waals surface area contributed by atoms with Crippen LogP contribution in [0.25, 0.3) is 5.52 Å². The van der Waals surface area contributed by atoms with Gasteiger partial charge in [-0.1, -0.05) is 6.92 Å². The van der Waals surface area contributed by atoms with Crippen molar-refractivity contribution in [2.45, 2.75) is 25.8 Å². The highest BCUT2D eigenvalue weighted by Crippen LogP contribution is 2.24. The smallest absolute Gasteiger partial charge is 0.153 e. The molecule has 4 nitrogen and oxygen atoms in total. The van der Waals surface area contributed by atoms with E-state index in [0.717, 1.165) is 37.4 Å². The molecule has 1 saturated heterocycles. The predicted octanol–water partition coefficient (Wildman–Crippen LogP) is 1.43. The summed E-state index contributed by atoms with van der Waals surface area (Å²) in [5.41, 5.74) is 8.28. The highest BCUT2D eigenvalue weighted by Gasteiger charge is 2.22. The molecule has 1 unspecified atom stereocenters. The van der Waals surface area contributed by atoms with Gasteiger partial charge in [0, 0.05) is 31.5 Å². The molecule has 2 aromatic rings. The maximum absolute atomic E-state index is 5.98. The Kier molecular flexibility index (Phi) is 2.52. The quantitative estimate of drug-likeness (QED) is 0.849.